The van der Waals surface area contributed by atoms with Gasteiger partial charge in [-0.2, -0.15) is 0 Å². The first-order valence-electron chi connectivity index (χ1n) is 5.22. The second-order valence-corrected chi connectivity index (χ2v) is 4.74. The molecule has 3 nitrogen and oxygen atoms in total. The van der Waals surface area contributed by atoms with E-state index >= 15 is 0 Å². The first-order chi connectivity index (χ1) is 7.37. The summed E-state index contributed by atoms with van der Waals surface area (Å²) in [5, 5.41) is 2.85. The topological polar surface area (TPSA) is 55.1 Å². The quantitative estimate of drug-likeness (QED) is 0.590. The van der Waals surface area contributed by atoms with E-state index in [4.69, 9.17) is 5.73 Å². The number of carbonyl (C=O) groups excluding carboxylic acids is 1. The molecule has 0 saturated carbocycles. The maximum absolute atomic E-state index is 11.5. The van der Waals surface area contributed by atoms with E-state index in [0.29, 0.717) is 5.69 Å². The van der Waals surface area contributed by atoms with Crippen molar-refractivity contribution in [3.8, 4) is 0 Å². The lowest BCUT2D eigenvalue weighted by Gasteiger charge is -2.18. The molecule has 16 heavy (non-hydrogen) atoms. The van der Waals surface area contributed by atoms with Gasteiger partial charge in [0.15, 0.2) is 0 Å². The normalized spacial score (nSPS) is 11.7. The minimum Gasteiger partial charge on any atom is -0.399 e. The Bertz CT molecular complexity index is 403. The van der Waals surface area contributed by atoms with Crippen molar-refractivity contribution in [2.75, 3.05) is 5.73 Å². The van der Waals surface area contributed by atoms with E-state index in [2.05, 4.69) is 5.32 Å². The second-order valence-electron chi connectivity index (χ2n) is 4.74. The number of anilines is 1. The average Bonchev–Trinajstić information content (AvgIpc) is 2.12. The van der Waals surface area contributed by atoms with E-state index in [1.165, 1.54) is 6.08 Å². The summed E-state index contributed by atoms with van der Waals surface area (Å²) in [5.41, 5.74) is 7.03. The Morgan fingerprint density at radius 2 is 2.06 bits per heavy atom. The van der Waals surface area contributed by atoms with E-state index in [9.17, 15) is 4.79 Å². The standard InChI is InChI=1S/C13H18N2O/c1-13(2,3)15-12(16)8-7-10-5-4-6-11(14)9-10/h4-9H,14H2,1-3H3,(H,15,16)/b8-7+. The summed E-state index contributed by atoms with van der Waals surface area (Å²) in [7, 11) is 0. The maximum atomic E-state index is 11.5. The number of nitrogen functional groups attached to an aromatic ring is 1. The number of nitrogens with one attached hydrogen (secondary N) is 1. The van der Waals surface area contributed by atoms with Gasteiger partial charge in [0.25, 0.3) is 0 Å². The van der Waals surface area contributed by atoms with Gasteiger partial charge in [-0.25, -0.2) is 0 Å². The van der Waals surface area contributed by atoms with E-state index < -0.39 is 0 Å². The lowest BCUT2D eigenvalue weighted by Crippen LogP contribution is -2.39. The van der Waals surface area contributed by atoms with Gasteiger partial charge in [0, 0.05) is 17.3 Å². The zero-order valence-electron chi connectivity index (χ0n) is 9.95. The molecule has 3 N–H and O–H groups in total. The first-order valence-corrected chi connectivity index (χ1v) is 5.22. The summed E-state index contributed by atoms with van der Waals surface area (Å²) in [5.74, 6) is -0.102. The van der Waals surface area contributed by atoms with Gasteiger partial charge in [-0.1, -0.05) is 12.1 Å². The zero-order valence-corrected chi connectivity index (χ0v) is 9.95. The third-order valence-electron chi connectivity index (χ3n) is 1.84. The van der Waals surface area contributed by atoms with Crippen molar-refractivity contribution >= 4 is 17.7 Å². The predicted molar refractivity (Wildman–Crippen MR) is 67.8 cm³/mol. The summed E-state index contributed by atoms with van der Waals surface area (Å²) in [6.07, 6.45) is 3.26. The van der Waals surface area contributed by atoms with Crippen LogP contribution in [0.5, 0.6) is 0 Å². The molecule has 0 aliphatic carbocycles. The van der Waals surface area contributed by atoms with E-state index in [1.54, 1.807) is 6.08 Å². The molecule has 86 valence electrons. The summed E-state index contributed by atoms with van der Waals surface area (Å²) in [6.45, 7) is 5.83. The summed E-state index contributed by atoms with van der Waals surface area (Å²) < 4.78 is 0. The van der Waals surface area contributed by atoms with Crippen LogP contribution in [0.2, 0.25) is 0 Å². The SMILES string of the molecule is CC(C)(C)NC(=O)/C=C/c1cccc(N)c1. The van der Waals surface area contributed by atoms with Crippen LogP contribution in [0.3, 0.4) is 0 Å². The van der Waals surface area contributed by atoms with Gasteiger partial charge in [-0.05, 0) is 44.5 Å². The molecular formula is C13H18N2O. The molecule has 0 heterocycles. The van der Waals surface area contributed by atoms with Crippen molar-refractivity contribution in [1.29, 1.82) is 0 Å². The molecule has 0 unspecified atom stereocenters. The number of hydrogen-bond acceptors (Lipinski definition) is 2. The minimum atomic E-state index is -0.211. The molecule has 1 aromatic rings. The van der Waals surface area contributed by atoms with Gasteiger partial charge in [0.2, 0.25) is 5.91 Å². The highest BCUT2D eigenvalue weighted by molar-refractivity contribution is 5.92. The highest BCUT2D eigenvalue weighted by Crippen LogP contribution is 2.08. The molecule has 0 aliphatic heterocycles. The Morgan fingerprint density at radius 3 is 2.62 bits per heavy atom. The molecule has 0 radical (unpaired) electrons. The molecule has 1 rings (SSSR count). The first kappa shape index (κ1) is 12.3. The van der Waals surface area contributed by atoms with Gasteiger partial charge in [-0.3, -0.25) is 4.79 Å². The minimum absolute atomic E-state index is 0.102. The van der Waals surface area contributed by atoms with Crippen LogP contribution in [-0.4, -0.2) is 11.4 Å². The van der Waals surface area contributed by atoms with Crippen molar-refractivity contribution in [2.45, 2.75) is 26.3 Å². The van der Waals surface area contributed by atoms with E-state index in [0.717, 1.165) is 5.56 Å². The zero-order chi connectivity index (χ0) is 12.2. The molecule has 1 aromatic carbocycles. The fourth-order valence-corrected chi connectivity index (χ4v) is 1.25. The van der Waals surface area contributed by atoms with Crippen molar-refractivity contribution < 1.29 is 4.79 Å². The third-order valence-corrected chi connectivity index (χ3v) is 1.84. The summed E-state index contributed by atoms with van der Waals surface area (Å²) in [4.78, 5) is 11.5. The lowest BCUT2D eigenvalue weighted by molar-refractivity contribution is -0.117. The van der Waals surface area contributed by atoms with Crippen LogP contribution in [0.4, 0.5) is 5.69 Å². The molecule has 0 aliphatic rings. The Balaban J connectivity index is 2.64. The molecular weight excluding hydrogens is 200 g/mol. The van der Waals surface area contributed by atoms with Crippen LogP contribution in [0.25, 0.3) is 6.08 Å². The van der Waals surface area contributed by atoms with Crippen molar-refractivity contribution in [3.63, 3.8) is 0 Å². The van der Waals surface area contributed by atoms with Crippen LogP contribution in [-0.2, 0) is 4.79 Å². The molecule has 0 fully saturated rings. The van der Waals surface area contributed by atoms with Gasteiger partial charge >= 0.3 is 0 Å². The number of benzene rings is 1. The van der Waals surface area contributed by atoms with Crippen LogP contribution < -0.4 is 11.1 Å². The van der Waals surface area contributed by atoms with Gasteiger partial charge < -0.3 is 11.1 Å². The fraction of sp³-hybridized carbons (Fsp3) is 0.308. The molecule has 0 aromatic heterocycles. The van der Waals surface area contributed by atoms with Gasteiger partial charge in [0.05, 0.1) is 0 Å². The highest BCUT2D eigenvalue weighted by Gasteiger charge is 2.10. The lowest BCUT2D eigenvalue weighted by atomic mass is 10.1. The molecule has 0 bridgehead atoms. The summed E-state index contributed by atoms with van der Waals surface area (Å²) in [6, 6.07) is 7.39. The van der Waals surface area contributed by atoms with E-state index in [1.807, 2.05) is 45.0 Å². The van der Waals surface area contributed by atoms with Crippen molar-refractivity contribution in [1.82, 2.24) is 5.32 Å². The molecule has 0 saturated heterocycles. The number of carbonyl (C=O) groups is 1. The van der Waals surface area contributed by atoms with Crippen molar-refractivity contribution in [2.24, 2.45) is 0 Å². The average molecular weight is 218 g/mol. The molecule has 3 heteroatoms. The smallest absolute Gasteiger partial charge is 0.244 e. The molecule has 0 spiro atoms. The Kier molecular flexibility index (Phi) is 3.72. The number of amides is 1. The largest absolute Gasteiger partial charge is 0.399 e. The van der Waals surface area contributed by atoms with Crippen molar-refractivity contribution in [3.05, 3.63) is 35.9 Å². The highest BCUT2D eigenvalue weighted by atomic mass is 16.1. The van der Waals surface area contributed by atoms with Crippen LogP contribution in [0, 0.1) is 0 Å². The third kappa shape index (κ3) is 4.64. The fourth-order valence-electron chi connectivity index (χ4n) is 1.25. The Labute approximate surface area is 96.3 Å². The van der Waals surface area contributed by atoms with Crippen LogP contribution in [0.15, 0.2) is 30.3 Å². The van der Waals surface area contributed by atoms with Gasteiger partial charge in [-0.15, -0.1) is 0 Å². The van der Waals surface area contributed by atoms with E-state index in [-0.39, 0.29) is 11.4 Å². The Hall–Kier alpha value is -1.77. The molecule has 1 amide bonds. The van der Waals surface area contributed by atoms with Crippen LogP contribution >= 0.6 is 0 Å². The monoisotopic (exact) mass is 218 g/mol. The Morgan fingerprint density at radius 1 is 1.38 bits per heavy atom. The predicted octanol–water partition coefficient (Wildman–Crippen LogP) is 2.20. The van der Waals surface area contributed by atoms with Crippen LogP contribution in [0.1, 0.15) is 26.3 Å². The summed E-state index contributed by atoms with van der Waals surface area (Å²) >= 11 is 0. The number of rotatable bonds is 2. The second kappa shape index (κ2) is 4.84. The number of hydrogen-bond donors (Lipinski definition) is 2. The maximum Gasteiger partial charge on any atom is 0.244 e. The number of nitrogens with two attached hydrogens (primary N) is 1. The van der Waals surface area contributed by atoms with Gasteiger partial charge in [0.1, 0.15) is 0 Å². The molecule has 0 atom stereocenters.